The molecule has 0 bridgehead atoms. The number of fused-ring (bicyclic) bond motifs is 1. The molecule has 1 aliphatic rings. The zero-order valence-corrected chi connectivity index (χ0v) is 15.9. The number of pyridine rings is 1. The zero-order chi connectivity index (χ0) is 19.5. The lowest BCUT2D eigenvalue weighted by molar-refractivity contribution is -0.109. The van der Waals surface area contributed by atoms with Crippen LogP contribution in [0.2, 0.25) is 0 Å². The second kappa shape index (κ2) is 7.88. The Morgan fingerprint density at radius 2 is 2.21 bits per heavy atom. The number of halogens is 1. The number of anilines is 3. The van der Waals surface area contributed by atoms with Crippen molar-refractivity contribution in [2.45, 2.75) is 19.4 Å². The van der Waals surface area contributed by atoms with Crippen LogP contribution in [0.15, 0.2) is 42.6 Å². The molecule has 3 aromatic rings. The van der Waals surface area contributed by atoms with Crippen LogP contribution in [0.3, 0.4) is 0 Å². The SMILES string of the molecule is CCCNc1cccnc1N1CCN(c2cc3cc(F)ccc3[nH]2)C(C=O)C1. The first-order valence-electron chi connectivity index (χ1n) is 9.63. The van der Waals surface area contributed by atoms with E-state index in [1.165, 1.54) is 12.1 Å². The van der Waals surface area contributed by atoms with E-state index in [1.54, 1.807) is 12.3 Å². The lowest BCUT2D eigenvalue weighted by atomic mass is 10.1. The van der Waals surface area contributed by atoms with Gasteiger partial charge in [-0.1, -0.05) is 6.92 Å². The molecule has 7 heteroatoms. The molecule has 2 aromatic heterocycles. The van der Waals surface area contributed by atoms with Gasteiger partial charge in [-0.2, -0.15) is 0 Å². The molecule has 0 spiro atoms. The number of rotatable bonds is 6. The van der Waals surface area contributed by atoms with Crippen molar-refractivity contribution in [3.63, 3.8) is 0 Å². The number of piperazine rings is 1. The number of hydrogen-bond donors (Lipinski definition) is 2. The van der Waals surface area contributed by atoms with Gasteiger partial charge < -0.3 is 24.9 Å². The first-order valence-corrected chi connectivity index (χ1v) is 9.63. The van der Waals surface area contributed by atoms with E-state index in [0.29, 0.717) is 13.1 Å². The summed E-state index contributed by atoms with van der Waals surface area (Å²) in [5, 5.41) is 4.21. The fraction of sp³-hybridized carbons (Fsp3) is 0.333. The van der Waals surface area contributed by atoms with E-state index >= 15 is 0 Å². The summed E-state index contributed by atoms with van der Waals surface area (Å²) in [5.41, 5.74) is 1.85. The molecule has 0 aliphatic carbocycles. The summed E-state index contributed by atoms with van der Waals surface area (Å²) in [6.07, 6.45) is 3.78. The van der Waals surface area contributed by atoms with Crippen LogP contribution < -0.4 is 15.1 Å². The first-order chi connectivity index (χ1) is 13.7. The first kappa shape index (κ1) is 18.3. The zero-order valence-electron chi connectivity index (χ0n) is 15.9. The predicted octanol–water partition coefficient (Wildman–Crippen LogP) is 3.42. The van der Waals surface area contributed by atoms with Crippen molar-refractivity contribution in [1.29, 1.82) is 0 Å². The fourth-order valence-electron chi connectivity index (χ4n) is 3.71. The van der Waals surface area contributed by atoms with Crippen molar-refractivity contribution in [1.82, 2.24) is 9.97 Å². The molecule has 146 valence electrons. The summed E-state index contributed by atoms with van der Waals surface area (Å²) in [7, 11) is 0. The van der Waals surface area contributed by atoms with E-state index in [4.69, 9.17) is 0 Å². The number of H-pyrrole nitrogens is 1. The predicted molar refractivity (Wildman–Crippen MR) is 111 cm³/mol. The normalized spacial score (nSPS) is 17.1. The number of aldehydes is 1. The van der Waals surface area contributed by atoms with Gasteiger partial charge in [-0.05, 0) is 42.8 Å². The minimum Gasteiger partial charge on any atom is -0.382 e. The third-order valence-corrected chi connectivity index (χ3v) is 5.11. The average Bonchev–Trinajstić information content (AvgIpc) is 3.15. The molecule has 1 aliphatic heterocycles. The van der Waals surface area contributed by atoms with Gasteiger partial charge in [0, 0.05) is 43.3 Å². The minimum atomic E-state index is -0.312. The molecule has 0 radical (unpaired) electrons. The highest BCUT2D eigenvalue weighted by Crippen LogP contribution is 2.29. The number of nitrogens with one attached hydrogen (secondary N) is 2. The Hall–Kier alpha value is -3.09. The molecule has 1 fully saturated rings. The lowest BCUT2D eigenvalue weighted by Gasteiger charge is -2.40. The highest BCUT2D eigenvalue weighted by Gasteiger charge is 2.29. The molecule has 6 nitrogen and oxygen atoms in total. The van der Waals surface area contributed by atoms with Gasteiger partial charge in [0.2, 0.25) is 0 Å². The van der Waals surface area contributed by atoms with Crippen molar-refractivity contribution in [2.24, 2.45) is 0 Å². The number of aromatic amines is 1. The summed E-state index contributed by atoms with van der Waals surface area (Å²) >= 11 is 0. The Balaban J connectivity index is 1.56. The van der Waals surface area contributed by atoms with Crippen LogP contribution in [0.4, 0.5) is 21.7 Å². The van der Waals surface area contributed by atoms with Crippen LogP contribution in [0.25, 0.3) is 10.9 Å². The number of benzene rings is 1. The van der Waals surface area contributed by atoms with Crippen molar-refractivity contribution in [2.75, 3.05) is 41.3 Å². The van der Waals surface area contributed by atoms with E-state index in [0.717, 1.165) is 54.0 Å². The molecule has 3 heterocycles. The van der Waals surface area contributed by atoms with Crippen LogP contribution >= 0.6 is 0 Å². The number of carbonyl (C=O) groups is 1. The summed E-state index contributed by atoms with van der Waals surface area (Å²) in [6.45, 7) is 4.96. The van der Waals surface area contributed by atoms with Crippen LogP contribution in [0.5, 0.6) is 0 Å². The summed E-state index contributed by atoms with van der Waals surface area (Å²) in [4.78, 5) is 23.9. The van der Waals surface area contributed by atoms with Gasteiger partial charge in [0.25, 0.3) is 0 Å². The van der Waals surface area contributed by atoms with Crippen molar-refractivity contribution < 1.29 is 9.18 Å². The van der Waals surface area contributed by atoms with Gasteiger partial charge in [-0.25, -0.2) is 9.37 Å². The number of aromatic nitrogens is 2. The van der Waals surface area contributed by atoms with Gasteiger partial charge in [-0.3, -0.25) is 0 Å². The van der Waals surface area contributed by atoms with Crippen LogP contribution in [0.1, 0.15) is 13.3 Å². The number of nitrogens with zero attached hydrogens (tertiary/aromatic N) is 3. The summed E-state index contributed by atoms with van der Waals surface area (Å²) in [5.74, 6) is 1.45. The summed E-state index contributed by atoms with van der Waals surface area (Å²) < 4.78 is 13.5. The molecule has 1 unspecified atom stereocenters. The molecule has 1 aromatic carbocycles. The maximum absolute atomic E-state index is 13.5. The average molecular weight is 381 g/mol. The standard InChI is InChI=1S/C21H24FN5O/c1-2-7-23-19-4-3-8-24-21(19)26-9-10-27(17(13-26)14-28)20-12-15-11-16(22)5-6-18(15)25-20/h3-6,8,11-12,14,17,23,25H,2,7,9-10,13H2,1H3. The number of hydrogen-bond acceptors (Lipinski definition) is 5. The highest BCUT2D eigenvalue weighted by molar-refractivity contribution is 5.85. The summed E-state index contributed by atoms with van der Waals surface area (Å²) in [6, 6.07) is 10.2. The third kappa shape index (κ3) is 3.52. The lowest BCUT2D eigenvalue weighted by Crippen LogP contribution is -2.54. The number of carbonyl (C=O) groups excluding carboxylic acids is 1. The molecule has 2 N–H and O–H groups in total. The molecule has 1 atom stereocenters. The Morgan fingerprint density at radius 3 is 3.04 bits per heavy atom. The maximum atomic E-state index is 13.5. The van der Waals surface area contributed by atoms with Gasteiger partial charge in [0.1, 0.15) is 24.0 Å². The van der Waals surface area contributed by atoms with Gasteiger partial charge in [0.05, 0.1) is 5.69 Å². The topological polar surface area (TPSA) is 64.3 Å². The van der Waals surface area contributed by atoms with Gasteiger partial charge in [-0.15, -0.1) is 0 Å². The molecular weight excluding hydrogens is 357 g/mol. The molecule has 4 rings (SSSR count). The van der Waals surface area contributed by atoms with Crippen molar-refractivity contribution in [3.05, 3.63) is 48.4 Å². The fourth-order valence-corrected chi connectivity index (χ4v) is 3.71. The second-order valence-corrected chi connectivity index (χ2v) is 7.03. The molecule has 1 saturated heterocycles. The molecule has 0 saturated carbocycles. The van der Waals surface area contributed by atoms with E-state index in [-0.39, 0.29) is 11.9 Å². The maximum Gasteiger partial charge on any atom is 0.152 e. The van der Waals surface area contributed by atoms with E-state index in [9.17, 15) is 9.18 Å². The van der Waals surface area contributed by atoms with E-state index in [1.807, 2.05) is 23.1 Å². The van der Waals surface area contributed by atoms with E-state index < -0.39 is 0 Å². The Bertz CT molecular complexity index is 972. The van der Waals surface area contributed by atoms with Crippen LogP contribution in [-0.2, 0) is 4.79 Å². The van der Waals surface area contributed by atoms with Gasteiger partial charge >= 0.3 is 0 Å². The minimum absolute atomic E-state index is 0.267. The smallest absolute Gasteiger partial charge is 0.152 e. The van der Waals surface area contributed by atoms with Crippen molar-refractivity contribution in [3.8, 4) is 0 Å². The molecule has 28 heavy (non-hydrogen) atoms. The second-order valence-electron chi connectivity index (χ2n) is 7.03. The Morgan fingerprint density at radius 1 is 1.32 bits per heavy atom. The van der Waals surface area contributed by atoms with E-state index in [2.05, 4.69) is 27.1 Å². The Labute approximate surface area is 163 Å². The van der Waals surface area contributed by atoms with Gasteiger partial charge in [0.15, 0.2) is 5.82 Å². The van der Waals surface area contributed by atoms with Crippen LogP contribution in [-0.4, -0.2) is 48.5 Å². The Kier molecular flexibility index (Phi) is 5.14. The monoisotopic (exact) mass is 381 g/mol. The van der Waals surface area contributed by atoms with Crippen LogP contribution in [0, 0.1) is 5.82 Å². The quantitative estimate of drug-likeness (QED) is 0.641. The molecular formula is C21H24FN5O. The third-order valence-electron chi connectivity index (χ3n) is 5.11. The molecule has 0 amide bonds. The highest BCUT2D eigenvalue weighted by atomic mass is 19.1. The van der Waals surface area contributed by atoms with Crippen molar-refractivity contribution >= 4 is 34.5 Å². The largest absolute Gasteiger partial charge is 0.382 e.